The predicted molar refractivity (Wildman–Crippen MR) is 129 cm³/mol. The number of carbonyl (C=O) groups is 1. The van der Waals surface area contributed by atoms with Crippen LogP contribution in [0.2, 0.25) is 0 Å². The van der Waals surface area contributed by atoms with Gasteiger partial charge in [-0.05, 0) is 60.7 Å². The van der Waals surface area contributed by atoms with Gasteiger partial charge >= 0.3 is 12.4 Å². The first-order valence-electron chi connectivity index (χ1n) is 13.0. The summed E-state index contributed by atoms with van der Waals surface area (Å²) >= 11 is 0. The lowest BCUT2D eigenvalue weighted by atomic mass is 9.92. The Hall–Kier alpha value is -2.46. The fourth-order valence-corrected chi connectivity index (χ4v) is 5.62. The molecular weight excluding hydrogens is 513 g/mol. The van der Waals surface area contributed by atoms with E-state index in [-0.39, 0.29) is 30.3 Å². The van der Waals surface area contributed by atoms with Crippen molar-refractivity contribution in [3.63, 3.8) is 0 Å². The smallest absolute Gasteiger partial charge is 0.298 e. The van der Waals surface area contributed by atoms with Crippen LogP contribution in [0.15, 0.2) is 42.5 Å². The molecule has 1 saturated heterocycles. The Bertz CT molecular complexity index is 1050. The first-order chi connectivity index (χ1) is 17.9. The standard InChI is InChI=1S/C28H31F7N2O/c29-23-9-7-20(8-10-23)26(37-14-12-36(13-15-37)24-4-2-1-3-5-24)25(38)11-6-19-16-21(27(30,31)32)18-22(17-19)28(33,34)35/h7-10,16-18,24,26H,1-6,11-15H2. The number of rotatable bonds is 7. The summed E-state index contributed by atoms with van der Waals surface area (Å²) < 4.78 is 93.1. The van der Waals surface area contributed by atoms with Crippen molar-refractivity contribution in [1.29, 1.82) is 0 Å². The number of piperazine rings is 1. The zero-order chi connectivity index (χ0) is 27.5. The molecule has 10 heteroatoms. The van der Waals surface area contributed by atoms with E-state index in [9.17, 15) is 35.5 Å². The molecule has 1 aliphatic carbocycles. The van der Waals surface area contributed by atoms with Crippen LogP contribution in [0.1, 0.15) is 66.8 Å². The van der Waals surface area contributed by atoms with E-state index in [4.69, 9.17) is 0 Å². The van der Waals surface area contributed by atoms with Crippen molar-refractivity contribution in [2.75, 3.05) is 26.2 Å². The van der Waals surface area contributed by atoms with Crippen LogP contribution in [-0.2, 0) is 23.6 Å². The maximum absolute atomic E-state index is 13.6. The minimum Gasteiger partial charge on any atom is -0.298 e. The number of Topliss-reactive ketones (excluding diaryl/α,β-unsaturated/α-hetero) is 1. The van der Waals surface area contributed by atoms with Crippen molar-refractivity contribution in [2.45, 2.75) is 69.4 Å². The quantitative estimate of drug-likeness (QED) is 0.349. The molecule has 208 valence electrons. The minimum absolute atomic E-state index is 0.0818. The molecule has 2 aromatic carbocycles. The number of carbonyl (C=O) groups excluding carboxylic acids is 1. The molecule has 1 saturated carbocycles. The van der Waals surface area contributed by atoms with E-state index in [1.807, 2.05) is 4.90 Å². The zero-order valence-corrected chi connectivity index (χ0v) is 20.9. The normalized spacial score (nSPS) is 19.4. The number of benzene rings is 2. The Morgan fingerprint density at radius 1 is 0.816 bits per heavy atom. The summed E-state index contributed by atoms with van der Waals surface area (Å²) in [4.78, 5) is 17.9. The summed E-state index contributed by atoms with van der Waals surface area (Å²) in [6, 6.07) is 6.70. The third kappa shape index (κ3) is 7.14. The van der Waals surface area contributed by atoms with Gasteiger partial charge in [0.25, 0.3) is 0 Å². The Kier molecular flexibility index (Phi) is 8.82. The summed E-state index contributed by atoms with van der Waals surface area (Å²) in [6.45, 7) is 2.70. The third-order valence-electron chi connectivity index (χ3n) is 7.60. The van der Waals surface area contributed by atoms with E-state index >= 15 is 0 Å². The third-order valence-corrected chi connectivity index (χ3v) is 7.60. The monoisotopic (exact) mass is 544 g/mol. The summed E-state index contributed by atoms with van der Waals surface area (Å²) in [6.07, 6.45) is -4.47. The summed E-state index contributed by atoms with van der Waals surface area (Å²) in [7, 11) is 0. The van der Waals surface area contributed by atoms with E-state index in [1.165, 1.54) is 43.5 Å². The van der Waals surface area contributed by atoms with Gasteiger partial charge in [-0.3, -0.25) is 14.6 Å². The highest BCUT2D eigenvalue weighted by Crippen LogP contribution is 2.37. The SMILES string of the molecule is O=C(CCc1cc(C(F)(F)F)cc(C(F)(F)F)c1)C(c1ccc(F)cc1)N1CCN(C2CCCCC2)CC1. The van der Waals surface area contributed by atoms with Gasteiger partial charge in [0.1, 0.15) is 5.82 Å². The average molecular weight is 545 g/mol. The van der Waals surface area contributed by atoms with E-state index in [0.717, 1.165) is 25.9 Å². The molecule has 1 heterocycles. The zero-order valence-electron chi connectivity index (χ0n) is 20.9. The Balaban J connectivity index is 1.51. The molecule has 4 rings (SSSR count). The second-order valence-corrected chi connectivity index (χ2v) is 10.2. The second-order valence-electron chi connectivity index (χ2n) is 10.2. The first-order valence-corrected chi connectivity index (χ1v) is 13.0. The Morgan fingerprint density at radius 2 is 1.37 bits per heavy atom. The summed E-state index contributed by atoms with van der Waals surface area (Å²) in [5.74, 6) is -0.792. The molecule has 0 amide bonds. The maximum Gasteiger partial charge on any atom is 0.416 e. The van der Waals surface area contributed by atoms with E-state index in [0.29, 0.717) is 36.8 Å². The molecule has 0 N–H and O–H groups in total. The lowest BCUT2D eigenvalue weighted by molar-refractivity contribution is -0.143. The van der Waals surface area contributed by atoms with Crippen molar-refractivity contribution < 1.29 is 35.5 Å². The number of hydrogen-bond donors (Lipinski definition) is 0. The van der Waals surface area contributed by atoms with Gasteiger partial charge < -0.3 is 0 Å². The molecule has 2 aromatic rings. The van der Waals surface area contributed by atoms with E-state index < -0.39 is 35.3 Å². The molecule has 0 radical (unpaired) electrons. The van der Waals surface area contributed by atoms with Crippen LogP contribution in [0.4, 0.5) is 30.7 Å². The molecule has 1 atom stereocenters. The second kappa shape index (κ2) is 11.7. The molecule has 0 spiro atoms. The van der Waals surface area contributed by atoms with Gasteiger partial charge in [0.2, 0.25) is 0 Å². The number of ketones is 1. The van der Waals surface area contributed by atoms with Gasteiger partial charge in [-0.2, -0.15) is 26.3 Å². The molecule has 2 fully saturated rings. The number of nitrogens with zero attached hydrogens (tertiary/aromatic N) is 2. The highest BCUT2D eigenvalue weighted by atomic mass is 19.4. The lowest BCUT2D eigenvalue weighted by Gasteiger charge is -2.43. The van der Waals surface area contributed by atoms with Gasteiger partial charge in [-0.1, -0.05) is 31.4 Å². The highest BCUT2D eigenvalue weighted by Gasteiger charge is 2.37. The molecular formula is C28H31F7N2O. The minimum atomic E-state index is -4.95. The van der Waals surface area contributed by atoms with Crippen LogP contribution in [0.5, 0.6) is 0 Å². The summed E-state index contributed by atoms with van der Waals surface area (Å²) in [5, 5.41) is 0. The van der Waals surface area contributed by atoms with E-state index in [2.05, 4.69) is 4.90 Å². The van der Waals surface area contributed by atoms with Crippen molar-refractivity contribution in [2.24, 2.45) is 0 Å². The average Bonchev–Trinajstić information content (AvgIpc) is 2.88. The number of hydrogen-bond acceptors (Lipinski definition) is 3. The number of alkyl halides is 6. The summed E-state index contributed by atoms with van der Waals surface area (Å²) in [5.41, 5.74) is -2.45. The van der Waals surface area contributed by atoms with Gasteiger partial charge in [0.15, 0.2) is 5.78 Å². The van der Waals surface area contributed by atoms with Gasteiger partial charge in [0, 0.05) is 38.6 Å². The van der Waals surface area contributed by atoms with Crippen molar-refractivity contribution >= 4 is 5.78 Å². The maximum atomic E-state index is 13.6. The lowest BCUT2D eigenvalue weighted by Crippen LogP contribution is -2.52. The van der Waals surface area contributed by atoms with Crippen molar-refractivity contribution in [3.05, 3.63) is 70.5 Å². The topological polar surface area (TPSA) is 23.6 Å². The van der Waals surface area contributed by atoms with Crippen LogP contribution in [0.25, 0.3) is 0 Å². The molecule has 0 aromatic heterocycles. The predicted octanol–water partition coefficient (Wildman–Crippen LogP) is 7.06. The van der Waals surface area contributed by atoms with Crippen LogP contribution < -0.4 is 0 Å². The Morgan fingerprint density at radius 3 is 1.89 bits per heavy atom. The highest BCUT2D eigenvalue weighted by molar-refractivity contribution is 5.85. The van der Waals surface area contributed by atoms with Crippen LogP contribution in [0, 0.1) is 5.82 Å². The van der Waals surface area contributed by atoms with Crippen LogP contribution in [-0.4, -0.2) is 47.8 Å². The largest absolute Gasteiger partial charge is 0.416 e. The fraction of sp³-hybridized carbons (Fsp3) is 0.536. The molecule has 2 aliphatic rings. The van der Waals surface area contributed by atoms with E-state index in [1.54, 1.807) is 0 Å². The van der Waals surface area contributed by atoms with Gasteiger partial charge in [-0.25, -0.2) is 4.39 Å². The molecule has 38 heavy (non-hydrogen) atoms. The molecule has 0 bridgehead atoms. The van der Waals surface area contributed by atoms with Gasteiger partial charge in [0.05, 0.1) is 17.2 Å². The van der Waals surface area contributed by atoms with Crippen LogP contribution >= 0.6 is 0 Å². The first kappa shape index (κ1) is 28.5. The van der Waals surface area contributed by atoms with Gasteiger partial charge in [-0.15, -0.1) is 0 Å². The molecule has 3 nitrogen and oxygen atoms in total. The number of aryl methyl sites for hydroxylation is 1. The van der Waals surface area contributed by atoms with Crippen molar-refractivity contribution in [3.8, 4) is 0 Å². The number of halogens is 7. The van der Waals surface area contributed by atoms with Crippen molar-refractivity contribution in [1.82, 2.24) is 9.80 Å². The fourth-order valence-electron chi connectivity index (χ4n) is 5.62. The van der Waals surface area contributed by atoms with Crippen LogP contribution in [0.3, 0.4) is 0 Å². The molecule has 1 aliphatic heterocycles. The Labute approximate surface area is 217 Å². The molecule has 1 unspecified atom stereocenters.